The van der Waals surface area contributed by atoms with Crippen LogP contribution in [0.25, 0.3) is 0 Å². The van der Waals surface area contributed by atoms with E-state index in [1.165, 1.54) is 5.56 Å². The van der Waals surface area contributed by atoms with Crippen LogP contribution in [0.3, 0.4) is 0 Å². The van der Waals surface area contributed by atoms with E-state index in [9.17, 15) is 4.79 Å². The number of hydrogen-bond donors (Lipinski definition) is 1. The Balaban J connectivity index is 1.28. The number of fused-ring (bicyclic) bond motifs is 1. The molecule has 2 aliphatic heterocycles. The van der Waals surface area contributed by atoms with Gasteiger partial charge in [-0.1, -0.05) is 30.3 Å². The Labute approximate surface area is 148 Å². The highest BCUT2D eigenvalue weighted by molar-refractivity contribution is 5.94. The molecule has 0 radical (unpaired) electrons. The van der Waals surface area contributed by atoms with Crippen LogP contribution in [-0.4, -0.2) is 48.1 Å². The maximum Gasteiger partial charge on any atom is 0.324 e. The highest BCUT2D eigenvalue weighted by Gasteiger charge is 2.32. The second-order valence-corrected chi connectivity index (χ2v) is 6.77. The van der Waals surface area contributed by atoms with Crippen molar-refractivity contribution < 1.29 is 4.79 Å². The Morgan fingerprint density at radius 2 is 2.04 bits per heavy atom. The number of anilines is 1. The normalized spacial score (nSPS) is 19.3. The molecule has 25 heavy (non-hydrogen) atoms. The van der Waals surface area contributed by atoms with Gasteiger partial charge in [0.05, 0.1) is 11.4 Å². The first-order chi connectivity index (χ1) is 12.3. The van der Waals surface area contributed by atoms with Gasteiger partial charge in [0.1, 0.15) is 0 Å². The molecule has 1 saturated heterocycles. The first kappa shape index (κ1) is 16.1. The number of carbonyl (C=O) groups excluding carboxylic acids is 1. The standard InChI is InChI=1S/C20H24N4O/c25-20(24-14-10-18-19(24)7-4-11-22-18)23-13-9-17(15-23)21-12-8-16-5-2-1-3-6-16/h1-7,11,17,21H,8-10,12-15H2/t17-/m0/s1. The van der Waals surface area contributed by atoms with Crippen molar-refractivity contribution in [3.05, 3.63) is 59.9 Å². The molecular formula is C20H24N4O. The Morgan fingerprint density at radius 1 is 1.16 bits per heavy atom. The molecule has 0 bridgehead atoms. The highest BCUT2D eigenvalue weighted by Crippen LogP contribution is 2.27. The van der Waals surface area contributed by atoms with E-state index in [2.05, 4.69) is 34.6 Å². The molecular weight excluding hydrogens is 312 g/mol. The number of benzene rings is 1. The number of likely N-dealkylation sites (tertiary alicyclic amines) is 1. The SMILES string of the molecule is O=C(N1CC[C@H](NCCc2ccccc2)C1)N1CCc2ncccc21. The van der Waals surface area contributed by atoms with E-state index in [0.29, 0.717) is 6.04 Å². The van der Waals surface area contributed by atoms with Gasteiger partial charge in [-0.05, 0) is 37.1 Å². The van der Waals surface area contributed by atoms with Gasteiger partial charge in [-0.2, -0.15) is 0 Å². The molecule has 1 atom stereocenters. The summed E-state index contributed by atoms with van der Waals surface area (Å²) in [6.07, 6.45) is 4.70. The summed E-state index contributed by atoms with van der Waals surface area (Å²) in [6.45, 7) is 3.31. The zero-order valence-corrected chi connectivity index (χ0v) is 14.4. The number of nitrogens with zero attached hydrogens (tertiary/aromatic N) is 3. The molecule has 1 fully saturated rings. The summed E-state index contributed by atoms with van der Waals surface area (Å²) in [7, 11) is 0. The summed E-state index contributed by atoms with van der Waals surface area (Å²) in [4.78, 5) is 21.1. The largest absolute Gasteiger partial charge is 0.324 e. The lowest BCUT2D eigenvalue weighted by molar-refractivity contribution is 0.215. The third-order valence-electron chi connectivity index (χ3n) is 5.11. The molecule has 0 saturated carbocycles. The van der Waals surface area contributed by atoms with Crippen LogP contribution in [-0.2, 0) is 12.8 Å². The summed E-state index contributed by atoms with van der Waals surface area (Å²) in [5, 5.41) is 3.60. The van der Waals surface area contributed by atoms with Gasteiger partial charge in [0.25, 0.3) is 0 Å². The molecule has 4 rings (SSSR count). The molecule has 0 spiro atoms. The van der Waals surface area contributed by atoms with Crippen LogP contribution >= 0.6 is 0 Å². The van der Waals surface area contributed by atoms with Gasteiger partial charge in [0.15, 0.2) is 0 Å². The van der Waals surface area contributed by atoms with E-state index in [1.54, 1.807) is 6.20 Å². The van der Waals surface area contributed by atoms with Gasteiger partial charge in [-0.3, -0.25) is 9.88 Å². The quantitative estimate of drug-likeness (QED) is 0.933. The molecule has 5 heteroatoms. The molecule has 5 nitrogen and oxygen atoms in total. The Kier molecular flexibility index (Phi) is 4.65. The van der Waals surface area contributed by atoms with Crippen LogP contribution in [0, 0.1) is 0 Å². The van der Waals surface area contributed by atoms with E-state index < -0.39 is 0 Å². The number of hydrogen-bond acceptors (Lipinski definition) is 3. The van der Waals surface area contributed by atoms with Crippen molar-refractivity contribution in [3.8, 4) is 0 Å². The molecule has 2 amide bonds. The fraction of sp³-hybridized carbons (Fsp3) is 0.400. The predicted octanol–water partition coefficient (Wildman–Crippen LogP) is 2.47. The zero-order valence-electron chi connectivity index (χ0n) is 14.4. The smallest absolute Gasteiger partial charge is 0.323 e. The predicted molar refractivity (Wildman–Crippen MR) is 98.8 cm³/mol. The van der Waals surface area contributed by atoms with Crippen molar-refractivity contribution in [1.29, 1.82) is 0 Å². The van der Waals surface area contributed by atoms with E-state index in [4.69, 9.17) is 0 Å². The summed E-state index contributed by atoms with van der Waals surface area (Å²) in [5.41, 5.74) is 3.36. The van der Waals surface area contributed by atoms with Gasteiger partial charge in [-0.15, -0.1) is 0 Å². The highest BCUT2D eigenvalue weighted by atomic mass is 16.2. The maximum atomic E-state index is 12.8. The minimum Gasteiger partial charge on any atom is -0.323 e. The number of pyridine rings is 1. The second-order valence-electron chi connectivity index (χ2n) is 6.77. The van der Waals surface area contributed by atoms with Crippen LogP contribution in [0.15, 0.2) is 48.7 Å². The lowest BCUT2D eigenvalue weighted by Crippen LogP contribution is -2.43. The number of carbonyl (C=O) groups is 1. The number of amides is 2. The van der Waals surface area contributed by atoms with E-state index in [-0.39, 0.29) is 6.03 Å². The maximum absolute atomic E-state index is 12.8. The third-order valence-corrected chi connectivity index (χ3v) is 5.11. The molecule has 1 aromatic carbocycles. The summed E-state index contributed by atoms with van der Waals surface area (Å²) < 4.78 is 0. The minimum absolute atomic E-state index is 0.124. The molecule has 1 aromatic heterocycles. The number of rotatable bonds is 4. The number of urea groups is 1. The average molecular weight is 336 g/mol. The van der Waals surface area contributed by atoms with Crippen LogP contribution in [0.4, 0.5) is 10.5 Å². The van der Waals surface area contributed by atoms with Gasteiger partial charge >= 0.3 is 6.03 Å². The van der Waals surface area contributed by atoms with Crippen molar-refractivity contribution in [2.75, 3.05) is 31.1 Å². The number of nitrogens with one attached hydrogen (secondary N) is 1. The molecule has 1 N–H and O–H groups in total. The Morgan fingerprint density at radius 3 is 2.92 bits per heavy atom. The summed E-state index contributed by atoms with van der Waals surface area (Å²) >= 11 is 0. The van der Waals surface area contributed by atoms with Crippen molar-refractivity contribution >= 4 is 11.7 Å². The second kappa shape index (κ2) is 7.23. The molecule has 2 aromatic rings. The Bertz CT molecular complexity index is 733. The zero-order chi connectivity index (χ0) is 17.1. The topological polar surface area (TPSA) is 48.5 Å². The fourth-order valence-corrected chi connectivity index (χ4v) is 3.74. The van der Waals surface area contributed by atoms with Crippen LogP contribution in [0.5, 0.6) is 0 Å². The number of aromatic nitrogens is 1. The fourth-order valence-electron chi connectivity index (χ4n) is 3.74. The minimum atomic E-state index is 0.124. The average Bonchev–Trinajstić information content (AvgIpc) is 3.29. The third kappa shape index (κ3) is 3.51. The molecule has 0 unspecified atom stereocenters. The van der Waals surface area contributed by atoms with Crippen molar-refractivity contribution in [2.24, 2.45) is 0 Å². The van der Waals surface area contributed by atoms with E-state index >= 15 is 0 Å². The summed E-state index contributed by atoms with van der Waals surface area (Å²) in [6, 6.07) is 14.9. The monoisotopic (exact) mass is 336 g/mol. The Hall–Kier alpha value is -2.40. The summed E-state index contributed by atoms with van der Waals surface area (Å²) in [5.74, 6) is 0. The lowest BCUT2D eigenvalue weighted by Gasteiger charge is -2.24. The molecule has 3 heterocycles. The van der Waals surface area contributed by atoms with Crippen LogP contribution in [0.1, 0.15) is 17.7 Å². The molecule has 2 aliphatic rings. The molecule has 130 valence electrons. The van der Waals surface area contributed by atoms with Gasteiger partial charge in [-0.25, -0.2) is 4.79 Å². The van der Waals surface area contributed by atoms with Crippen molar-refractivity contribution in [1.82, 2.24) is 15.2 Å². The molecule has 0 aliphatic carbocycles. The van der Waals surface area contributed by atoms with E-state index in [0.717, 1.165) is 56.8 Å². The van der Waals surface area contributed by atoms with Gasteiger partial charge < -0.3 is 10.2 Å². The van der Waals surface area contributed by atoms with Crippen molar-refractivity contribution in [3.63, 3.8) is 0 Å². The van der Waals surface area contributed by atoms with Crippen molar-refractivity contribution in [2.45, 2.75) is 25.3 Å². The first-order valence-electron chi connectivity index (χ1n) is 9.09. The van der Waals surface area contributed by atoms with Gasteiger partial charge in [0.2, 0.25) is 0 Å². The van der Waals surface area contributed by atoms with Crippen LogP contribution in [0.2, 0.25) is 0 Å². The van der Waals surface area contributed by atoms with E-state index in [1.807, 2.05) is 28.0 Å². The van der Waals surface area contributed by atoms with Gasteiger partial charge in [0, 0.05) is 38.3 Å². The lowest BCUT2D eigenvalue weighted by atomic mass is 10.1. The van der Waals surface area contributed by atoms with Crippen LogP contribution < -0.4 is 10.2 Å². The first-order valence-corrected chi connectivity index (χ1v) is 9.09.